The fourth-order valence-electron chi connectivity index (χ4n) is 3.37. The van der Waals surface area contributed by atoms with Gasteiger partial charge in [-0.05, 0) is 29.2 Å². The van der Waals surface area contributed by atoms with E-state index in [1.165, 1.54) is 5.56 Å². The summed E-state index contributed by atoms with van der Waals surface area (Å²) in [6.07, 6.45) is 2.72. The molecule has 6 nitrogen and oxygen atoms in total. The van der Waals surface area contributed by atoms with Crippen molar-refractivity contribution in [2.75, 3.05) is 13.7 Å². The van der Waals surface area contributed by atoms with Gasteiger partial charge in [0.25, 0.3) is 0 Å². The van der Waals surface area contributed by atoms with Gasteiger partial charge < -0.3 is 15.0 Å². The van der Waals surface area contributed by atoms with Gasteiger partial charge in [0.1, 0.15) is 0 Å². The zero-order chi connectivity index (χ0) is 18.5. The van der Waals surface area contributed by atoms with Crippen LogP contribution in [0.1, 0.15) is 36.1 Å². The Balaban J connectivity index is 1.69. The van der Waals surface area contributed by atoms with Crippen LogP contribution in [-0.2, 0) is 22.6 Å². The van der Waals surface area contributed by atoms with Gasteiger partial charge in [-0.15, -0.1) is 0 Å². The summed E-state index contributed by atoms with van der Waals surface area (Å²) in [6.45, 7) is 2.60. The summed E-state index contributed by atoms with van der Waals surface area (Å²) in [5, 5.41) is 2.93. The number of hydrogen-bond acceptors (Lipinski definition) is 4. The molecule has 0 aliphatic carbocycles. The van der Waals surface area contributed by atoms with Crippen LogP contribution < -0.4 is 10.1 Å². The van der Waals surface area contributed by atoms with Crippen LogP contribution in [0.3, 0.4) is 0 Å². The van der Waals surface area contributed by atoms with Crippen molar-refractivity contribution < 1.29 is 14.3 Å². The van der Waals surface area contributed by atoms with Gasteiger partial charge >= 0.3 is 0 Å². The molecule has 0 fully saturated rings. The molecule has 0 spiro atoms. The van der Waals surface area contributed by atoms with Gasteiger partial charge in [0, 0.05) is 32.3 Å². The van der Waals surface area contributed by atoms with E-state index in [-0.39, 0.29) is 24.3 Å². The first-order valence-electron chi connectivity index (χ1n) is 8.69. The predicted octanol–water partition coefficient (Wildman–Crippen LogP) is 2.24. The van der Waals surface area contributed by atoms with Crippen LogP contribution in [0.5, 0.6) is 5.88 Å². The zero-order valence-electron chi connectivity index (χ0n) is 15.1. The highest BCUT2D eigenvalue weighted by Gasteiger charge is 2.30. The molecule has 1 aromatic carbocycles. The maximum Gasteiger partial charge on any atom is 0.222 e. The molecule has 0 saturated heterocycles. The zero-order valence-corrected chi connectivity index (χ0v) is 15.1. The first-order valence-corrected chi connectivity index (χ1v) is 8.69. The molecule has 0 radical (unpaired) electrons. The lowest BCUT2D eigenvalue weighted by atomic mass is 9.90. The van der Waals surface area contributed by atoms with E-state index in [9.17, 15) is 9.59 Å². The summed E-state index contributed by atoms with van der Waals surface area (Å²) in [6, 6.07) is 11.4. The fourth-order valence-corrected chi connectivity index (χ4v) is 3.37. The first-order chi connectivity index (χ1) is 12.6. The van der Waals surface area contributed by atoms with E-state index >= 15 is 0 Å². The van der Waals surface area contributed by atoms with Crippen molar-refractivity contribution in [1.82, 2.24) is 15.2 Å². The minimum atomic E-state index is -0.218. The smallest absolute Gasteiger partial charge is 0.222 e. The Bertz CT molecular complexity index is 806. The van der Waals surface area contributed by atoms with Gasteiger partial charge in [-0.3, -0.25) is 9.59 Å². The molecule has 2 amide bonds. The summed E-state index contributed by atoms with van der Waals surface area (Å²) in [5.74, 6) is 0.422. The third-order valence-corrected chi connectivity index (χ3v) is 4.69. The van der Waals surface area contributed by atoms with Crippen molar-refractivity contribution >= 4 is 11.8 Å². The Kier molecular flexibility index (Phi) is 5.51. The standard InChI is InChI=1S/C20H23N3O3/c1-14(24)23-10-8-16-5-3-4-6-17(16)18(23)12-19(25)22-13-15-7-9-21-20(11-15)26-2/h3-7,9,11,18H,8,10,12-13H2,1-2H3,(H,22,25). The maximum absolute atomic E-state index is 12.5. The van der Waals surface area contributed by atoms with Gasteiger partial charge in [-0.2, -0.15) is 0 Å². The van der Waals surface area contributed by atoms with E-state index in [1.54, 1.807) is 31.2 Å². The summed E-state index contributed by atoms with van der Waals surface area (Å²) in [7, 11) is 1.56. The second-order valence-electron chi connectivity index (χ2n) is 6.36. The number of carbonyl (C=O) groups excluding carboxylic acids is 2. The highest BCUT2D eigenvalue weighted by atomic mass is 16.5. The molecule has 0 saturated carbocycles. The Hall–Kier alpha value is -2.89. The van der Waals surface area contributed by atoms with E-state index < -0.39 is 0 Å². The molecule has 26 heavy (non-hydrogen) atoms. The molecule has 1 aromatic heterocycles. The normalized spacial score (nSPS) is 15.9. The Labute approximate surface area is 153 Å². The third-order valence-electron chi connectivity index (χ3n) is 4.69. The topological polar surface area (TPSA) is 71.5 Å². The van der Waals surface area contributed by atoms with Crippen molar-refractivity contribution in [2.45, 2.75) is 32.4 Å². The first kappa shape index (κ1) is 17.9. The molecule has 1 aliphatic heterocycles. The number of pyridine rings is 1. The minimum Gasteiger partial charge on any atom is -0.481 e. The Morgan fingerprint density at radius 1 is 1.31 bits per heavy atom. The summed E-state index contributed by atoms with van der Waals surface area (Å²) in [5.41, 5.74) is 3.19. The van der Waals surface area contributed by atoms with Gasteiger partial charge in [0.2, 0.25) is 17.7 Å². The SMILES string of the molecule is COc1cc(CNC(=O)CC2c3ccccc3CCN2C(C)=O)ccn1. The molecule has 0 bridgehead atoms. The van der Waals surface area contributed by atoms with Gasteiger partial charge in [0.15, 0.2) is 0 Å². The number of nitrogens with one attached hydrogen (secondary N) is 1. The number of hydrogen-bond donors (Lipinski definition) is 1. The maximum atomic E-state index is 12.5. The molecule has 2 heterocycles. The number of benzene rings is 1. The van der Waals surface area contributed by atoms with Crippen LogP contribution in [0.4, 0.5) is 0 Å². The average Bonchev–Trinajstić information content (AvgIpc) is 2.66. The van der Waals surface area contributed by atoms with Crippen LogP contribution in [0.15, 0.2) is 42.6 Å². The van der Waals surface area contributed by atoms with Crippen molar-refractivity contribution in [3.63, 3.8) is 0 Å². The molecule has 3 rings (SSSR count). The predicted molar refractivity (Wildman–Crippen MR) is 97.5 cm³/mol. The van der Waals surface area contributed by atoms with Crippen molar-refractivity contribution in [2.24, 2.45) is 0 Å². The number of methoxy groups -OCH3 is 1. The molecule has 1 atom stereocenters. The van der Waals surface area contributed by atoms with Crippen molar-refractivity contribution in [1.29, 1.82) is 0 Å². The summed E-state index contributed by atoms with van der Waals surface area (Å²) < 4.78 is 5.09. The number of nitrogens with zero attached hydrogens (tertiary/aromatic N) is 2. The summed E-state index contributed by atoms with van der Waals surface area (Å²) in [4.78, 5) is 30.4. The van der Waals surface area contributed by atoms with Gasteiger partial charge in [-0.1, -0.05) is 24.3 Å². The highest BCUT2D eigenvalue weighted by Crippen LogP contribution is 2.32. The van der Waals surface area contributed by atoms with Crippen LogP contribution in [0, 0.1) is 0 Å². The Morgan fingerprint density at radius 2 is 2.12 bits per heavy atom. The van der Waals surface area contributed by atoms with Crippen LogP contribution in [0.25, 0.3) is 0 Å². The molecular formula is C20H23N3O3. The third kappa shape index (κ3) is 4.02. The second kappa shape index (κ2) is 7.99. The minimum absolute atomic E-state index is 0.00354. The molecule has 1 aliphatic rings. The van der Waals surface area contributed by atoms with Gasteiger partial charge in [-0.25, -0.2) is 4.98 Å². The lowest BCUT2D eigenvalue weighted by Crippen LogP contribution is -2.41. The quantitative estimate of drug-likeness (QED) is 0.895. The van der Waals surface area contributed by atoms with E-state index in [4.69, 9.17) is 4.74 Å². The number of ether oxygens (including phenoxy) is 1. The van der Waals surface area contributed by atoms with E-state index in [1.807, 2.05) is 24.3 Å². The second-order valence-corrected chi connectivity index (χ2v) is 6.36. The molecular weight excluding hydrogens is 330 g/mol. The molecule has 1 N–H and O–H groups in total. The average molecular weight is 353 g/mol. The molecule has 1 unspecified atom stereocenters. The lowest BCUT2D eigenvalue weighted by Gasteiger charge is -2.36. The van der Waals surface area contributed by atoms with Crippen LogP contribution in [0.2, 0.25) is 0 Å². The highest BCUT2D eigenvalue weighted by molar-refractivity contribution is 5.79. The van der Waals surface area contributed by atoms with Gasteiger partial charge in [0.05, 0.1) is 19.6 Å². The number of aromatic nitrogens is 1. The Morgan fingerprint density at radius 3 is 2.88 bits per heavy atom. The number of rotatable bonds is 5. The number of fused-ring (bicyclic) bond motifs is 1. The summed E-state index contributed by atoms with van der Waals surface area (Å²) >= 11 is 0. The number of amides is 2. The fraction of sp³-hybridized carbons (Fsp3) is 0.350. The molecule has 136 valence electrons. The largest absolute Gasteiger partial charge is 0.481 e. The lowest BCUT2D eigenvalue weighted by molar-refractivity contribution is -0.133. The van der Waals surface area contributed by atoms with E-state index in [2.05, 4.69) is 16.4 Å². The monoisotopic (exact) mass is 353 g/mol. The molecule has 2 aromatic rings. The van der Waals surface area contributed by atoms with Crippen molar-refractivity contribution in [3.05, 3.63) is 59.3 Å². The van der Waals surface area contributed by atoms with Crippen LogP contribution >= 0.6 is 0 Å². The van der Waals surface area contributed by atoms with Crippen molar-refractivity contribution in [3.8, 4) is 5.88 Å². The van der Waals surface area contributed by atoms with Crippen LogP contribution in [-0.4, -0.2) is 35.4 Å². The van der Waals surface area contributed by atoms with E-state index in [0.717, 1.165) is 17.5 Å². The van der Waals surface area contributed by atoms with E-state index in [0.29, 0.717) is 19.0 Å². The number of carbonyl (C=O) groups is 2. The molecule has 6 heteroatoms.